The normalized spacial score (nSPS) is 12.6. The fraction of sp³-hybridized carbons (Fsp3) is 0.471. The lowest BCUT2D eigenvalue weighted by Crippen LogP contribution is -2.33. The van der Waals surface area contributed by atoms with Crippen LogP contribution in [0.25, 0.3) is 0 Å². The number of hydrogen-bond acceptors (Lipinski definition) is 3. The van der Waals surface area contributed by atoms with Gasteiger partial charge < -0.3 is 5.32 Å². The lowest BCUT2D eigenvalue weighted by Gasteiger charge is -2.17. The molecule has 1 unspecified atom stereocenters. The minimum Gasteiger partial charge on any atom is -0.314 e. The summed E-state index contributed by atoms with van der Waals surface area (Å²) in [7, 11) is 0. The molecule has 108 valence electrons. The number of nitrogens with zero attached hydrogens (tertiary/aromatic N) is 1. The van der Waals surface area contributed by atoms with Crippen molar-refractivity contribution >= 4 is 11.3 Å². The molecule has 2 rings (SSSR count). The molecule has 3 heteroatoms. The number of hydrogen-bond donors (Lipinski definition) is 1. The van der Waals surface area contributed by atoms with Crippen LogP contribution in [0.1, 0.15) is 33.6 Å². The highest BCUT2D eigenvalue weighted by atomic mass is 32.1. The monoisotopic (exact) mass is 288 g/mol. The van der Waals surface area contributed by atoms with Crippen LogP contribution in [0.5, 0.6) is 0 Å². The van der Waals surface area contributed by atoms with E-state index in [0.717, 1.165) is 19.4 Å². The third-order valence-electron chi connectivity index (χ3n) is 3.55. The maximum atomic E-state index is 4.67. The quantitative estimate of drug-likeness (QED) is 0.874. The Bertz CT molecular complexity index is 540. The second-order valence-electron chi connectivity index (χ2n) is 5.40. The molecule has 0 saturated heterocycles. The molecule has 2 aromatic rings. The minimum atomic E-state index is 0.465. The highest BCUT2D eigenvalue weighted by Gasteiger charge is 2.13. The molecule has 1 atom stereocenters. The topological polar surface area (TPSA) is 24.9 Å². The van der Waals surface area contributed by atoms with Crippen molar-refractivity contribution in [3.63, 3.8) is 0 Å². The van der Waals surface area contributed by atoms with Gasteiger partial charge in [0.25, 0.3) is 0 Å². The van der Waals surface area contributed by atoms with Crippen molar-refractivity contribution in [2.75, 3.05) is 6.54 Å². The summed E-state index contributed by atoms with van der Waals surface area (Å²) in [6.07, 6.45) is 2.08. The number of thiazole rings is 1. The van der Waals surface area contributed by atoms with Gasteiger partial charge in [0.15, 0.2) is 0 Å². The van der Waals surface area contributed by atoms with Crippen LogP contribution in [0.4, 0.5) is 0 Å². The van der Waals surface area contributed by atoms with Crippen molar-refractivity contribution in [1.29, 1.82) is 0 Å². The molecule has 1 aromatic heterocycles. The average Bonchev–Trinajstić information content (AvgIpc) is 2.68. The van der Waals surface area contributed by atoms with Crippen LogP contribution >= 0.6 is 11.3 Å². The van der Waals surface area contributed by atoms with E-state index in [1.807, 2.05) is 11.3 Å². The first-order valence-electron chi connectivity index (χ1n) is 7.30. The summed E-state index contributed by atoms with van der Waals surface area (Å²) in [5.74, 6) is 0. The molecule has 1 aromatic carbocycles. The third-order valence-corrected chi connectivity index (χ3v) is 4.65. The zero-order valence-electron chi connectivity index (χ0n) is 12.9. The van der Waals surface area contributed by atoms with Crippen LogP contribution in [0.3, 0.4) is 0 Å². The number of likely N-dealkylation sites (N-methyl/N-ethyl adjacent to an activating group) is 1. The van der Waals surface area contributed by atoms with Crippen LogP contribution in [0, 0.1) is 20.8 Å². The SMILES string of the molecule is CCNC(Cc1cccc(C)c1)Cc1nc(C)c(C)s1. The van der Waals surface area contributed by atoms with Gasteiger partial charge in [-0.3, -0.25) is 0 Å². The number of benzene rings is 1. The van der Waals surface area contributed by atoms with Gasteiger partial charge in [-0.1, -0.05) is 36.8 Å². The zero-order valence-corrected chi connectivity index (χ0v) is 13.7. The van der Waals surface area contributed by atoms with E-state index in [1.165, 1.54) is 26.7 Å². The van der Waals surface area contributed by atoms with Gasteiger partial charge in [-0.25, -0.2) is 4.98 Å². The van der Waals surface area contributed by atoms with Crippen LogP contribution in [-0.2, 0) is 12.8 Å². The summed E-state index contributed by atoms with van der Waals surface area (Å²) >= 11 is 1.83. The Hall–Kier alpha value is -1.19. The fourth-order valence-electron chi connectivity index (χ4n) is 2.47. The second-order valence-corrected chi connectivity index (χ2v) is 6.69. The number of aromatic nitrogens is 1. The van der Waals surface area contributed by atoms with Gasteiger partial charge in [-0.15, -0.1) is 11.3 Å². The molecule has 0 bridgehead atoms. The van der Waals surface area contributed by atoms with E-state index in [0.29, 0.717) is 6.04 Å². The van der Waals surface area contributed by atoms with Crippen molar-refractivity contribution in [1.82, 2.24) is 10.3 Å². The molecule has 0 aliphatic heterocycles. The Labute approximate surface area is 126 Å². The van der Waals surface area contributed by atoms with Gasteiger partial charge in [0.1, 0.15) is 0 Å². The lowest BCUT2D eigenvalue weighted by atomic mass is 10.0. The molecule has 0 saturated carbocycles. The van der Waals surface area contributed by atoms with Crippen molar-refractivity contribution in [2.45, 2.75) is 46.6 Å². The standard InChI is InChI=1S/C17H24N2S/c1-5-18-16(10-15-8-6-7-12(2)9-15)11-17-19-13(3)14(4)20-17/h6-9,16,18H,5,10-11H2,1-4H3. The molecular formula is C17H24N2S. The Morgan fingerprint density at radius 1 is 1.20 bits per heavy atom. The van der Waals surface area contributed by atoms with E-state index < -0.39 is 0 Å². The summed E-state index contributed by atoms with van der Waals surface area (Å²) in [5, 5.41) is 4.84. The Balaban J connectivity index is 2.06. The Morgan fingerprint density at radius 2 is 2.00 bits per heavy atom. The Kier molecular flexibility index (Phi) is 5.32. The average molecular weight is 288 g/mol. The van der Waals surface area contributed by atoms with E-state index in [9.17, 15) is 0 Å². The first-order valence-corrected chi connectivity index (χ1v) is 8.12. The van der Waals surface area contributed by atoms with Gasteiger partial charge in [0.05, 0.1) is 10.7 Å². The third kappa shape index (κ3) is 4.15. The summed E-state index contributed by atoms with van der Waals surface area (Å²) in [6.45, 7) is 9.57. The molecule has 0 aliphatic rings. The molecular weight excluding hydrogens is 264 g/mol. The van der Waals surface area contributed by atoms with Crippen LogP contribution in [-0.4, -0.2) is 17.6 Å². The highest BCUT2D eigenvalue weighted by Crippen LogP contribution is 2.19. The van der Waals surface area contributed by atoms with E-state index in [-0.39, 0.29) is 0 Å². The molecule has 0 aliphatic carbocycles. The molecule has 0 spiro atoms. The van der Waals surface area contributed by atoms with E-state index in [2.05, 4.69) is 62.3 Å². The van der Waals surface area contributed by atoms with Crippen molar-refractivity contribution in [2.24, 2.45) is 0 Å². The lowest BCUT2D eigenvalue weighted by molar-refractivity contribution is 0.520. The maximum Gasteiger partial charge on any atom is 0.0946 e. The molecule has 1 heterocycles. The molecule has 2 nitrogen and oxygen atoms in total. The molecule has 0 radical (unpaired) electrons. The van der Waals surface area contributed by atoms with Crippen LogP contribution < -0.4 is 5.32 Å². The summed E-state index contributed by atoms with van der Waals surface area (Å²) < 4.78 is 0. The second kappa shape index (κ2) is 7.00. The van der Waals surface area contributed by atoms with Crippen molar-refractivity contribution in [3.8, 4) is 0 Å². The summed E-state index contributed by atoms with van der Waals surface area (Å²) in [4.78, 5) is 6.01. The molecule has 1 N–H and O–H groups in total. The van der Waals surface area contributed by atoms with E-state index in [4.69, 9.17) is 0 Å². The van der Waals surface area contributed by atoms with Crippen LogP contribution in [0.15, 0.2) is 24.3 Å². The number of nitrogens with one attached hydrogen (secondary N) is 1. The van der Waals surface area contributed by atoms with Crippen molar-refractivity contribution in [3.05, 3.63) is 51.0 Å². The highest BCUT2D eigenvalue weighted by molar-refractivity contribution is 7.11. The van der Waals surface area contributed by atoms with Gasteiger partial charge >= 0.3 is 0 Å². The van der Waals surface area contributed by atoms with E-state index >= 15 is 0 Å². The number of rotatable bonds is 6. The summed E-state index contributed by atoms with van der Waals surface area (Å²) in [5.41, 5.74) is 3.91. The summed E-state index contributed by atoms with van der Waals surface area (Å²) in [6, 6.07) is 9.26. The van der Waals surface area contributed by atoms with Crippen molar-refractivity contribution < 1.29 is 0 Å². The number of aryl methyl sites for hydroxylation is 3. The minimum absolute atomic E-state index is 0.465. The maximum absolute atomic E-state index is 4.67. The van der Waals surface area contributed by atoms with Gasteiger partial charge in [-0.05, 0) is 39.3 Å². The van der Waals surface area contributed by atoms with Gasteiger partial charge in [-0.2, -0.15) is 0 Å². The largest absolute Gasteiger partial charge is 0.314 e. The van der Waals surface area contributed by atoms with Gasteiger partial charge in [0.2, 0.25) is 0 Å². The molecule has 0 amide bonds. The first-order chi connectivity index (χ1) is 9.58. The van der Waals surface area contributed by atoms with E-state index in [1.54, 1.807) is 0 Å². The van der Waals surface area contributed by atoms with Crippen LogP contribution in [0.2, 0.25) is 0 Å². The molecule has 20 heavy (non-hydrogen) atoms. The van der Waals surface area contributed by atoms with Gasteiger partial charge in [0, 0.05) is 17.3 Å². The Morgan fingerprint density at radius 3 is 2.60 bits per heavy atom. The fourth-order valence-corrected chi connectivity index (χ4v) is 3.48. The zero-order chi connectivity index (χ0) is 14.5. The predicted molar refractivity (Wildman–Crippen MR) is 87.6 cm³/mol. The first kappa shape index (κ1) is 15.2. The predicted octanol–water partition coefficient (Wildman–Crippen LogP) is 3.83. The molecule has 0 fully saturated rings. The smallest absolute Gasteiger partial charge is 0.0946 e.